The highest BCUT2D eigenvalue weighted by Gasteiger charge is 2.13. The Balaban J connectivity index is 2.28. The van der Waals surface area contributed by atoms with Gasteiger partial charge in [-0.25, -0.2) is 9.97 Å². The van der Waals surface area contributed by atoms with Crippen LogP contribution in [0.5, 0.6) is 6.01 Å². The smallest absolute Gasteiger partial charge is 0.316 e. The van der Waals surface area contributed by atoms with Crippen LogP contribution < -0.4 is 4.74 Å². The Morgan fingerprint density at radius 3 is 2.33 bits per heavy atom. The van der Waals surface area contributed by atoms with Crippen molar-refractivity contribution < 1.29 is 9.84 Å². The van der Waals surface area contributed by atoms with Crippen molar-refractivity contribution in [2.75, 3.05) is 7.11 Å². The van der Waals surface area contributed by atoms with Crippen molar-refractivity contribution >= 4 is 23.2 Å². The summed E-state index contributed by atoms with van der Waals surface area (Å²) in [4.78, 5) is 7.86. The summed E-state index contributed by atoms with van der Waals surface area (Å²) in [5, 5.41) is 11.0. The third kappa shape index (κ3) is 2.72. The van der Waals surface area contributed by atoms with Gasteiger partial charge in [0.1, 0.15) is 6.10 Å². The van der Waals surface area contributed by atoms with E-state index in [1.807, 2.05) is 0 Å². The van der Waals surface area contributed by atoms with Crippen molar-refractivity contribution in [2.45, 2.75) is 6.10 Å². The molecule has 0 fully saturated rings. The van der Waals surface area contributed by atoms with Gasteiger partial charge < -0.3 is 9.84 Å². The summed E-state index contributed by atoms with van der Waals surface area (Å²) >= 11 is 11.7. The molecule has 1 aromatic heterocycles. The van der Waals surface area contributed by atoms with Crippen LogP contribution in [0.3, 0.4) is 0 Å². The number of ether oxygens (including phenoxy) is 1. The van der Waals surface area contributed by atoms with E-state index in [1.165, 1.54) is 19.5 Å². The highest BCUT2D eigenvalue weighted by atomic mass is 35.5. The predicted octanol–water partition coefficient (Wildman–Crippen LogP) is 2.87. The van der Waals surface area contributed by atoms with Crippen LogP contribution in [0, 0.1) is 0 Å². The van der Waals surface area contributed by atoms with E-state index in [4.69, 9.17) is 27.9 Å². The number of rotatable bonds is 3. The largest absolute Gasteiger partial charge is 0.467 e. The Kier molecular flexibility index (Phi) is 4.01. The lowest BCUT2D eigenvalue weighted by Crippen LogP contribution is -2.02. The van der Waals surface area contributed by atoms with Crippen molar-refractivity contribution in [3.05, 3.63) is 51.8 Å². The first kappa shape index (κ1) is 13.1. The van der Waals surface area contributed by atoms with Crippen LogP contribution >= 0.6 is 23.2 Å². The number of aliphatic hydroxyl groups is 1. The number of nitrogens with zero attached hydrogens (tertiary/aromatic N) is 2. The average Bonchev–Trinajstić information content (AvgIpc) is 2.41. The predicted molar refractivity (Wildman–Crippen MR) is 69.1 cm³/mol. The molecule has 0 spiro atoms. The zero-order chi connectivity index (χ0) is 13.1. The van der Waals surface area contributed by atoms with Crippen molar-refractivity contribution in [1.82, 2.24) is 9.97 Å². The molecule has 6 heteroatoms. The first-order chi connectivity index (χ1) is 8.61. The molecule has 2 aromatic rings. The maximum absolute atomic E-state index is 10.1. The maximum atomic E-state index is 10.1. The fourth-order valence-electron chi connectivity index (χ4n) is 1.45. The minimum atomic E-state index is -0.856. The van der Waals surface area contributed by atoms with Gasteiger partial charge in [-0.15, -0.1) is 0 Å². The Morgan fingerprint density at radius 1 is 1.11 bits per heavy atom. The van der Waals surface area contributed by atoms with E-state index in [9.17, 15) is 5.11 Å². The molecule has 18 heavy (non-hydrogen) atoms. The number of methoxy groups -OCH3 is 1. The Morgan fingerprint density at radius 2 is 1.78 bits per heavy atom. The molecule has 0 bridgehead atoms. The lowest BCUT2D eigenvalue weighted by Gasteiger charge is -2.11. The van der Waals surface area contributed by atoms with Gasteiger partial charge in [-0.2, -0.15) is 0 Å². The Hall–Kier alpha value is -1.36. The van der Waals surface area contributed by atoms with Gasteiger partial charge in [0.15, 0.2) is 0 Å². The summed E-state index contributed by atoms with van der Waals surface area (Å²) in [6.45, 7) is 0. The molecule has 0 aliphatic carbocycles. The molecule has 0 aliphatic rings. The summed E-state index contributed by atoms with van der Waals surface area (Å²) in [6.07, 6.45) is 2.14. The van der Waals surface area contributed by atoms with Gasteiger partial charge >= 0.3 is 6.01 Å². The topological polar surface area (TPSA) is 55.2 Å². The lowest BCUT2D eigenvalue weighted by atomic mass is 10.0. The highest BCUT2D eigenvalue weighted by molar-refractivity contribution is 6.42. The summed E-state index contributed by atoms with van der Waals surface area (Å²) in [7, 11) is 1.48. The second-order valence-corrected chi connectivity index (χ2v) is 4.39. The normalized spacial score (nSPS) is 12.2. The van der Waals surface area contributed by atoms with Crippen molar-refractivity contribution in [2.24, 2.45) is 0 Å². The fourth-order valence-corrected chi connectivity index (χ4v) is 1.75. The number of hydrogen-bond acceptors (Lipinski definition) is 4. The molecule has 0 saturated carbocycles. The highest BCUT2D eigenvalue weighted by Crippen LogP contribution is 2.28. The maximum Gasteiger partial charge on any atom is 0.316 e. The molecule has 0 aliphatic heterocycles. The fraction of sp³-hybridized carbons (Fsp3) is 0.167. The molecule has 4 nitrogen and oxygen atoms in total. The van der Waals surface area contributed by atoms with E-state index in [2.05, 4.69) is 9.97 Å². The average molecular weight is 285 g/mol. The van der Waals surface area contributed by atoms with Crippen LogP contribution in [0.15, 0.2) is 30.6 Å². The molecule has 2 rings (SSSR count). The number of benzene rings is 1. The van der Waals surface area contributed by atoms with Crippen LogP contribution in [0.2, 0.25) is 10.0 Å². The Labute approximate surface area is 114 Å². The standard InChI is InChI=1S/C12H10Cl2N2O2/c1-18-12-15-5-8(6-16-12)11(17)7-2-3-9(13)10(14)4-7/h2-6,11,17H,1H3. The number of hydrogen-bond donors (Lipinski definition) is 1. The third-order valence-electron chi connectivity index (χ3n) is 2.41. The van der Waals surface area contributed by atoms with E-state index in [-0.39, 0.29) is 6.01 Å². The molecule has 94 valence electrons. The first-order valence-corrected chi connectivity index (χ1v) is 5.86. The molecule has 1 heterocycles. The van der Waals surface area contributed by atoms with Crippen LogP contribution in [0.25, 0.3) is 0 Å². The monoisotopic (exact) mass is 284 g/mol. The third-order valence-corrected chi connectivity index (χ3v) is 3.14. The molecule has 1 N–H and O–H groups in total. The second kappa shape index (κ2) is 5.52. The number of halogens is 2. The molecule has 1 atom stereocenters. The summed E-state index contributed by atoms with van der Waals surface area (Å²) in [5.41, 5.74) is 1.17. The van der Waals surface area contributed by atoms with Gasteiger partial charge in [0, 0.05) is 18.0 Å². The van der Waals surface area contributed by atoms with E-state index >= 15 is 0 Å². The van der Waals surface area contributed by atoms with Gasteiger partial charge in [0.25, 0.3) is 0 Å². The van der Waals surface area contributed by atoms with E-state index in [0.717, 1.165) is 0 Å². The van der Waals surface area contributed by atoms with Gasteiger partial charge in [0.05, 0.1) is 17.2 Å². The molecular formula is C12H10Cl2N2O2. The minimum absolute atomic E-state index is 0.250. The summed E-state index contributed by atoms with van der Waals surface area (Å²) in [5.74, 6) is 0. The summed E-state index contributed by atoms with van der Waals surface area (Å²) < 4.78 is 4.85. The van der Waals surface area contributed by atoms with E-state index in [1.54, 1.807) is 18.2 Å². The molecule has 0 radical (unpaired) electrons. The second-order valence-electron chi connectivity index (χ2n) is 3.58. The molecule has 0 amide bonds. The van der Waals surface area contributed by atoms with E-state index < -0.39 is 6.10 Å². The molecule has 1 unspecified atom stereocenters. The van der Waals surface area contributed by atoms with Crippen LogP contribution in [-0.4, -0.2) is 22.2 Å². The zero-order valence-corrected chi connectivity index (χ0v) is 11.0. The first-order valence-electron chi connectivity index (χ1n) is 5.10. The van der Waals surface area contributed by atoms with Gasteiger partial charge in [-0.3, -0.25) is 0 Å². The minimum Gasteiger partial charge on any atom is -0.467 e. The SMILES string of the molecule is COc1ncc(C(O)c2ccc(Cl)c(Cl)c2)cn1. The zero-order valence-electron chi connectivity index (χ0n) is 9.47. The molecule has 1 aromatic carbocycles. The molecule has 0 saturated heterocycles. The van der Waals surface area contributed by atoms with Crippen molar-refractivity contribution in [1.29, 1.82) is 0 Å². The van der Waals surface area contributed by atoms with Crippen LogP contribution in [0.1, 0.15) is 17.2 Å². The number of aliphatic hydroxyl groups excluding tert-OH is 1. The number of aromatic nitrogens is 2. The van der Waals surface area contributed by atoms with Crippen LogP contribution in [0.4, 0.5) is 0 Å². The Bertz CT molecular complexity index is 546. The summed E-state index contributed by atoms with van der Waals surface area (Å²) in [6, 6.07) is 5.19. The van der Waals surface area contributed by atoms with Gasteiger partial charge in [-0.1, -0.05) is 29.3 Å². The molecular weight excluding hydrogens is 275 g/mol. The van der Waals surface area contributed by atoms with Crippen molar-refractivity contribution in [3.8, 4) is 6.01 Å². The lowest BCUT2D eigenvalue weighted by molar-refractivity contribution is 0.219. The van der Waals surface area contributed by atoms with Crippen LogP contribution in [-0.2, 0) is 0 Å². The quantitative estimate of drug-likeness (QED) is 0.942. The van der Waals surface area contributed by atoms with E-state index in [0.29, 0.717) is 21.2 Å². The van der Waals surface area contributed by atoms with Crippen molar-refractivity contribution in [3.63, 3.8) is 0 Å². The van der Waals surface area contributed by atoms with Gasteiger partial charge in [0.2, 0.25) is 0 Å². The van der Waals surface area contributed by atoms with Gasteiger partial charge in [-0.05, 0) is 17.7 Å².